The molecule has 0 aliphatic carbocycles. The number of amides is 1. The van der Waals surface area contributed by atoms with Gasteiger partial charge in [-0.05, 0) is 41.7 Å². The predicted octanol–water partition coefficient (Wildman–Crippen LogP) is 5.70. The monoisotopic (exact) mass is 397 g/mol. The van der Waals surface area contributed by atoms with Gasteiger partial charge in [0.1, 0.15) is 12.4 Å². The Morgan fingerprint density at radius 1 is 1.00 bits per heavy atom. The second-order valence-corrected chi connectivity index (χ2v) is 7.61. The number of H-pyrrole nitrogens is 1. The topological polar surface area (TPSA) is 58.2 Å². The Labute approximate surface area is 175 Å². The van der Waals surface area contributed by atoms with Gasteiger partial charge in [-0.1, -0.05) is 66.7 Å². The summed E-state index contributed by atoms with van der Waals surface area (Å²) in [4.78, 5) is 22.7. The Morgan fingerprint density at radius 3 is 2.57 bits per heavy atom. The van der Waals surface area contributed by atoms with Crippen LogP contribution >= 0.6 is 0 Å². The number of hydrogen-bond donors (Lipinski definition) is 1. The third-order valence-corrected chi connectivity index (χ3v) is 5.62. The number of aromatic amines is 1. The summed E-state index contributed by atoms with van der Waals surface area (Å²) < 4.78 is 5.56. The van der Waals surface area contributed by atoms with Crippen LogP contribution in [0.4, 0.5) is 4.79 Å². The molecule has 5 nitrogen and oxygen atoms in total. The first-order valence-corrected chi connectivity index (χ1v) is 10.3. The summed E-state index contributed by atoms with van der Waals surface area (Å²) in [6.07, 6.45) is 1.54. The summed E-state index contributed by atoms with van der Waals surface area (Å²) in [7, 11) is 0. The molecule has 1 aliphatic heterocycles. The molecular weight excluding hydrogens is 374 g/mol. The summed E-state index contributed by atoms with van der Waals surface area (Å²) in [6, 6.07) is 26.2. The fourth-order valence-electron chi connectivity index (χ4n) is 4.07. The third kappa shape index (κ3) is 3.66. The van der Waals surface area contributed by atoms with E-state index >= 15 is 0 Å². The number of carbonyl (C=O) groups excluding carboxylic acids is 1. The van der Waals surface area contributed by atoms with Gasteiger partial charge in [0.2, 0.25) is 0 Å². The van der Waals surface area contributed by atoms with E-state index in [1.165, 1.54) is 5.56 Å². The number of aromatic nitrogens is 2. The van der Waals surface area contributed by atoms with Crippen LogP contribution in [0.1, 0.15) is 30.3 Å². The van der Waals surface area contributed by atoms with Crippen LogP contribution in [0.5, 0.6) is 0 Å². The van der Waals surface area contributed by atoms with E-state index in [4.69, 9.17) is 9.72 Å². The van der Waals surface area contributed by atoms with Crippen molar-refractivity contribution < 1.29 is 9.53 Å². The van der Waals surface area contributed by atoms with E-state index in [0.29, 0.717) is 6.54 Å². The minimum atomic E-state index is -0.285. The van der Waals surface area contributed by atoms with E-state index in [1.807, 2.05) is 54.6 Å². The molecule has 1 aromatic heterocycles. The van der Waals surface area contributed by atoms with Gasteiger partial charge in [-0.15, -0.1) is 0 Å². The Balaban J connectivity index is 1.35. The summed E-state index contributed by atoms with van der Waals surface area (Å²) in [5.74, 6) is 0.823. The molecule has 2 heterocycles. The lowest BCUT2D eigenvalue weighted by atomic mass is 10.1. The first kappa shape index (κ1) is 18.4. The van der Waals surface area contributed by atoms with E-state index < -0.39 is 0 Å². The highest BCUT2D eigenvalue weighted by Crippen LogP contribution is 2.33. The number of fused-ring (bicyclic) bond motifs is 1. The standard InChI is InChI=1S/C25H23N3O2/c29-25(30-17-18-8-3-1-4-9-18)28-15-7-12-23(28)24-26-21-14-13-20(16-22(21)27-24)19-10-5-2-6-11-19/h1-6,8-11,13-14,16,23H,7,12,15,17H2,(H,26,27). The largest absolute Gasteiger partial charge is 0.445 e. The Kier molecular flexibility index (Phi) is 4.93. The van der Waals surface area contributed by atoms with Gasteiger partial charge < -0.3 is 9.72 Å². The van der Waals surface area contributed by atoms with Crippen LogP contribution < -0.4 is 0 Å². The van der Waals surface area contributed by atoms with Crippen molar-refractivity contribution in [2.24, 2.45) is 0 Å². The molecule has 0 saturated carbocycles. The average Bonchev–Trinajstić information content (AvgIpc) is 3.45. The molecule has 1 atom stereocenters. The van der Waals surface area contributed by atoms with Crippen LogP contribution in [0.2, 0.25) is 0 Å². The molecule has 0 bridgehead atoms. The van der Waals surface area contributed by atoms with E-state index in [1.54, 1.807) is 4.90 Å². The first-order chi connectivity index (χ1) is 14.8. The molecule has 150 valence electrons. The van der Waals surface area contributed by atoms with Crippen LogP contribution in [0.15, 0.2) is 78.9 Å². The highest BCUT2D eigenvalue weighted by molar-refractivity contribution is 5.82. The summed E-state index contributed by atoms with van der Waals surface area (Å²) in [5.41, 5.74) is 5.19. The van der Waals surface area contributed by atoms with Crippen molar-refractivity contribution in [3.63, 3.8) is 0 Å². The van der Waals surface area contributed by atoms with Crippen molar-refractivity contribution in [3.05, 3.63) is 90.3 Å². The Hall–Kier alpha value is -3.60. The fraction of sp³-hybridized carbons (Fsp3) is 0.200. The zero-order chi connectivity index (χ0) is 20.3. The van der Waals surface area contributed by atoms with E-state index in [9.17, 15) is 4.79 Å². The third-order valence-electron chi connectivity index (χ3n) is 5.62. The maximum absolute atomic E-state index is 12.7. The van der Waals surface area contributed by atoms with Crippen molar-refractivity contribution in [1.82, 2.24) is 14.9 Å². The second kappa shape index (κ2) is 8.03. The molecule has 1 amide bonds. The van der Waals surface area contributed by atoms with Gasteiger partial charge in [0.15, 0.2) is 0 Å². The van der Waals surface area contributed by atoms with Crippen LogP contribution in [-0.2, 0) is 11.3 Å². The number of hydrogen-bond acceptors (Lipinski definition) is 3. The Bertz CT molecular complexity index is 1150. The van der Waals surface area contributed by atoms with Gasteiger partial charge >= 0.3 is 6.09 Å². The maximum Gasteiger partial charge on any atom is 0.410 e. The van der Waals surface area contributed by atoms with E-state index in [0.717, 1.165) is 40.8 Å². The van der Waals surface area contributed by atoms with Crippen LogP contribution in [0, 0.1) is 0 Å². The molecule has 0 radical (unpaired) electrons. The summed E-state index contributed by atoms with van der Waals surface area (Å²) in [5, 5.41) is 0. The number of carbonyl (C=O) groups is 1. The first-order valence-electron chi connectivity index (χ1n) is 10.3. The van der Waals surface area contributed by atoms with Crippen LogP contribution in [0.3, 0.4) is 0 Å². The smallest absolute Gasteiger partial charge is 0.410 e. The zero-order valence-electron chi connectivity index (χ0n) is 16.6. The van der Waals surface area contributed by atoms with E-state index in [2.05, 4.69) is 29.2 Å². The van der Waals surface area contributed by atoms with Gasteiger partial charge in [-0.3, -0.25) is 4.90 Å². The normalized spacial score (nSPS) is 16.1. The highest BCUT2D eigenvalue weighted by Gasteiger charge is 2.33. The van der Waals surface area contributed by atoms with E-state index in [-0.39, 0.29) is 18.7 Å². The van der Waals surface area contributed by atoms with Crippen molar-refractivity contribution in [2.45, 2.75) is 25.5 Å². The van der Waals surface area contributed by atoms with Crippen molar-refractivity contribution in [1.29, 1.82) is 0 Å². The molecule has 1 fully saturated rings. The quantitative estimate of drug-likeness (QED) is 0.480. The molecule has 1 unspecified atom stereocenters. The Morgan fingerprint density at radius 2 is 1.77 bits per heavy atom. The van der Waals surface area contributed by atoms with Crippen molar-refractivity contribution in [3.8, 4) is 11.1 Å². The molecule has 1 aliphatic rings. The van der Waals surface area contributed by atoms with Gasteiger partial charge in [0.05, 0.1) is 17.1 Å². The van der Waals surface area contributed by atoms with Gasteiger partial charge in [0, 0.05) is 6.54 Å². The molecule has 1 saturated heterocycles. The van der Waals surface area contributed by atoms with Crippen molar-refractivity contribution >= 4 is 17.1 Å². The molecule has 30 heavy (non-hydrogen) atoms. The van der Waals surface area contributed by atoms with Crippen LogP contribution in [-0.4, -0.2) is 27.5 Å². The molecular formula is C25H23N3O2. The predicted molar refractivity (Wildman–Crippen MR) is 117 cm³/mol. The minimum Gasteiger partial charge on any atom is -0.445 e. The average molecular weight is 397 g/mol. The van der Waals surface area contributed by atoms with Crippen molar-refractivity contribution in [2.75, 3.05) is 6.54 Å². The molecule has 5 rings (SSSR count). The SMILES string of the molecule is O=C(OCc1ccccc1)N1CCCC1c1nc2ccc(-c3ccccc3)cc2[nH]1. The lowest BCUT2D eigenvalue weighted by molar-refractivity contribution is 0.0910. The number of nitrogens with zero attached hydrogens (tertiary/aromatic N) is 2. The van der Waals surface area contributed by atoms with Gasteiger partial charge in [0.25, 0.3) is 0 Å². The molecule has 3 aromatic carbocycles. The molecule has 4 aromatic rings. The van der Waals surface area contributed by atoms with Gasteiger partial charge in [-0.2, -0.15) is 0 Å². The molecule has 0 spiro atoms. The highest BCUT2D eigenvalue weighted by atomic mass is 16.6. The second-order valence-electron chi connectivity index (χ2n) is 7.61. The number of rotatable bonds is 4. The van der Waals surface area contributed by atoms with Gasteiger partial charge in [-0.25, -0.2) is 9.78 Å². The number of imidazole rings is 1. The number of nitrogens with one attached hydrogen (secondary N) is 1. The number of likely N-dealkylation sites (tertiary alicyclic amines) is 1. The summed E-state index contributed by atoms with van der Waals surface area (Å²) >= 11 is 0. The number of ether oxygens (including phenoxy) is 1. The number of benzene rings is 3. The molecule has 1 N–H and O–H groups in total. The lowest BCUT2D eigenvalue weighted by Gasteiger charge is -2.22. The fourth-order valence-corrected chi connectivity index (χ4v) is 4.07. The lowest BCUT2D eigenvalue weighted by Crippen LogP contribution is -2.31. The summed E-state index contributed by atoms with van der Waals surface area (Å²) in [6.45, 7) is 0.966. The maximum atomic E-state index is 12.7. The molecule has 5 heteroatoms. The zero-order valence-corrected chi connectivity index (χ0v) is 16.6. The van der Waals surface area contributed by atoms with Crippen LogP contribution in [0.25, 0.3) is 22.2 Å². The minimum absolute atomic E-state index is 0.0825.